The fourth-order valence-electron chi connectivity index (χ4n) is 3.46. The Morgan fingerprint density at radius 3 is 2.83 bits per heavy atom. The average Bonchev–Trinajstić information content (AvgIpc) is 3.09. The number of hydrogen-bond acceptors (Lipinski definition) is 5. The van der Waals surface area contributed by atoms with E-state index in [9.17, 15) is 8.42 Å². The number of H-pyrrole nitrogens is 1. The molecule has 0 radical (unpaired) electrons. The van der Waals surface area contributed by atoms with Gasteiger partial charge in [-0.15, -0.1) is 0 Å². The van der Waals surface area contributed by atoms with Crippen LogP contribution in [-0.2, 0) is 29.9 Å². The highest BCUT2D eigenvalue weighted by molar-refractivity contribution is 7.90. The van der Waals surface area contributed by atoms with Gasteiger partial charge < -0.3 is 0 Å². The molecule has 0 unspecified atom stereocenters. The highest BCUT2D eigenvalue weighted by Gasteiger charge is 2.24. The Balaban J connectivity index is 1.66. The number of nitrogens with zero attached hydrogens (tertiary/aromatic N) is 4. The fourth-order valence-corrected chi connectivity index (χ4v) is 4.28. The van der Waals surface area contributed by atoms with Crippen LogP contribution in [0, 0.1) is 12.8 Å². The molecule has 7 nitrogen and oxygen atoms in total. The fraction of sp³-hybridized carbons (Fsp3) is 0.625. The number of aryl methyl sites for hydroxylation is 1. The summed E-state index contributed by atoms with van der Waals surface area (Å²) in [5.74, 6) is 0.441. The minimum atomic E-state index is -3.22. The molecular formula is C16H25N5O2S. The quantitative estimate of drug-likeness (QED) is 0.878. The monoisotopic (exact) mass is 351 g/mol. The van der Waals surface area contributed by atoms with E-state index in [1.807, 2.05) is 17.9 Å². The largest absolute Gasteiger partial charge is 0.299 e. The van der Waals surface area contributed by atoms with E-state index in [1.54, 1.807) is 0 Å². The molecule has 24 heavy (non-hydrogen) atoms. The van der Waals surface area contributed by atoms with Gasteiger partial charge in [0.15, 0.2) is 9.84 Å². The number of aromatic amines is 1. The molecule has 2 aromatic heterocycles. The summed E-state index contributed by atoms with van der Waals surface area (Å²) in [6.45, 7) is 5.04. The molecule has 1 fully saturated rings. The topological polar surface area (TPSA) is 83.9 Å². The smallest absolute Gasteiger partial charge is 0.178 e. The maximum Gasteiger partial charge on any atom is 0.178 e. The van der Waals surface area contributed by atoms with Gasteiger partial charge in [-0.2, -0.15) is 10.2 Å². The van der Waals surface area contributed by atoms with Gasteiger partial charge in [0, 0.05) is 37.7 Å². The molecule has 1 aliphatic rings. The van der Waals surface area contributed by atoms with Gasteiger partial charge in [-0.3, -0.25) is 14.7 Å². The number of rotatable bonds is 5. The number of piperidine rings is 1. The van der Waals surface area contributed by atoms with E-state index in [0.29, 0.717) is 10.8 Å². The summed E-state index contributed by atoms with van der Waals surface area (Å²) in [6.07, 6.45) is 7.57. The van der Waals surface area contributed by atoms with E-state index in [1.165, 1.54) is 23.7 Å². The van der Waals surface area contributed by atoms with Crippen molar-refractivity contribution in [1.82, 2.24) is 24.9 Å². The van der Waals surface area contributed by atoms with Crippen LogP contribution in [0.2, 0.25) is 0 Å². The maximum absolute atomic E-state index is 11.8. The van der Waals surface area contributed by atoms with Crippen LogP contribution in [0.25, 0.3) is 0 Å². The number of sulfone groups is 1. The minimum absolute atomic E-state index is 0.336. The van der Waals surface area contributed by atoms with E-state index < -0.39 is 9.84 Å². The predicted octanol–water partition coefficient (Wildman–Crippen LogP) is 1.31. The lowest BCUT2D eigenvalue weighted by atomic mass is 9.93. The second-order valence-electron chi connectivity index (χ2n) is 6.81. The summed E-state index contributed by atoms with van der Waals surface area (Å²) in [7, 11) is -1.26. The van der Waals surface area contributed by atoms with Gasteiger partial charge in [0.25, 0.3) is 0 Å². The molecule has 1 saturated heterocycles. The Morgan fingerprint density at radius 2 is 2.17 bits per heavy atom. The molecule has 3 heterocycles. The van der Waals surface area contributed by atoms with E-state index in [0.717, 1.165) is 44.6 Å². The van der Waals surface area contributed by atoms with E-state index >= 15 is 0 Å². The molecule has 0 aromatic carbocycles. The van der Waals surface area contributed by atoms with Crippen LogP contribution in [-0.4, -0.2) is 52.6 Å². The lowest BCUT2D eigenvalue weighted by Crippen LogP contribution is -2.36. The zero-order valence-electron chi connectivity index (χ0n) is 14.5. The van der Waals surface area contributed by atoms with Crippen LogP contribution >= 0.6 is 0 Å². The number of aromatic nitrogens is 4. The molecule has 0 bridgehead atoms. The first-order chi connectivity index (χ1) is 11.3. The standard InChI is InChI=1S/C16H25N5O2S/c1-12-14(8-18-20(12)2)11-21-6-4-5-13(10-21)7-15-16(9-17-19-15)24(3,22)23/h8-9,13H,4-7,10-11H2,1-3H3,(H,17,19)/t13-/m1/s1. The van der Waals surface area contributed by atoms with Gasteiger partial charge in [-0.05, 0) is 38.6 Å². The van der Waals surface area contributed by atoms with Crippen LogP contribution in [0.5, 0.6) is 0 Å². The Bertz CT molecular complexity index is 808. The summed E-state index contributed by atoms with van der Waals surface area (Å²) < 4.78 is 25.5. The number of likely N-dealkylation sites (tertiary alicyclic amines) is 1. The Morgan fingerprint density at radius 1 is 1.38 bits per heavy atom. The van der Waals surface area contributed by atoms with Gasteiger partial charge in [0.2, 0.25) is 0 Å². The van der Waals surface area contributed by atoms with E-state index in [2.05, 4.69) is 27.1 Å². The first-order valence-corrected chi connectivity index (χ1v) is 10.2. The molecule has 8 heteroatoms. The van der Waals surface area contributed by atoms with Crippen molar-refractivity contribution in [2.75, 3.05) is 19.3 Å². The second kappa shape index (κ2) is 6.68. The van der Waals surface area contributed by atoms with Crippen molar-refractivity contribution in [3.63, 3.8) is 0 Å². The molecule has 1 aliphatic heterocycles. The van der Waals surface area contributed by atoms with Crippen molar-refractivity contribution in [3.05, 3.63) is 29.3 Å². The molecule has 0 saturated carbocycles. The van der Waals surface area contributed by atoms with E-state index in [4.69, 9.17) is 0 Å². The van der Waals surface area contributed by atoms with Crippen LogP contribution in [0.3, 0.4) is 0 Å². The Hall–Kier alpha value is -1.67. The molecule has 0 aliphatic carbocycles. The van der Waals surface area contributed by atoms with Crippen LogP contribution in [0.15, 0.2) is 17.3 Å². The van der Waals surface area contributed by atoms with Gasteiger partial charge >= 0.3 is 0 Å². The Labute approximate surface area is 143 Å². The van der Waals surface area contributed by atoms with Crippen molar-refractivity contribution in [2.45, 2.75) is 37.6 Å². The van der Waals surface area contributed by atoms with Crippen LogP contribution in [0.1, 0.15) is 29.8 Å². The highest BCUT2D eigenvalue weighted by atomic mass is 32.2. The first kappa shape index (κ1) is 17.2. The molecule has 0 spiro atoms. The molecule has 1 atom stereocenters. The van der Waals surface area contributed by atoms with Crippen molar-refractivity contribution in [2.24, 2.45) is 13.0 Å². The third-order valence-corrected chi connectivity index (χ3v) is 6.06. The summed E-state index contributed by atoms with van der Waals surface area (Å²) in [5.41, 5.74) is 3.20. The second-order valence-corrected chi connectivity index (χ2v) is 8.80. The van der Waals surface area contributed by atoms with Gasteiger partial charge in [-0.25, -0.2) is 8.42 Å². The summed E-state index contributed by atoms with van der Waals surface area (Å²) in [4.78, 5) is 2.78. The Kier molecular flexibility index (Phi) is 4.78. The molecular weight excluding hydrogens is 326 g/mol. The van der Waals surface area contributed by atoms with Crippen molar-refractivity contribution in [1.29, 1.82) is 0 Å². The summed E-state index contributed by atoms with van der Waals surface area (Å²) in [6, 6.07) is 0. The zero-order valence-corrected chi connectivity index (χ0v) is 15.3. The van der Waals surface area contributed by atoms with Crippen molar-refractivity contribution >= 4 is 9.84 Å². The van der Waals surface area contributed by atoms with Gasteiger partial charge in [0.05, 0.1) is 18.1 Å². The lowest BCUT2D eigenvalue weighted by Gasteiger charge is -2.32. The van der Waals surface area contributed by atoms with Crippen molar-refractivity contribution < 1.29 is 8.42 Å². The normalized spacial score (nSPS) is 19.7. The van der Waals surface area contributed by atoms with Gasteiger partial charge in [0.1, 0.15) is 4.90 Å². The molecule has 2 aromatic rings. The lowest BCUT2D eigenvalue weighted by molar-refractivity contribution is 0.165. The number of hydrogen-bond donors (Lipinski definition) is 1. The SMILES string of the molecule is Cc1c(CN2CCC[C@H](Cc3[nH]ncc3S(C)(=O)=O)C2)cnn1C. The predicted molar refractivity (Wildman–Crippen MR) is 91.3 cm³/mol. The molecule has 3 rings (SSSR count). The van der Waals surface area contributed by atoms with Crippen molar-refractivity contribution in [3.8, 4) is 0 Å². The van der Waals surface area contributed by atoms with Crippen LogP contribution in [0.4, 0.5) is 0 Å². The van der Waals surface area contributed by atoms with Crippen LogP contribution < -0.4 is 0 Å². The molecule has 132 valence electrons. The summed E-state index contributed by atoms with van der Waals surface area (Å²) >= 11 is 0. The highest BCUT2D eigenvalue weighted by Crippen LogP contribution is 2.24. The average molecular weight is 351 g/mol. The number of nitrogens with one attached hydrogen (secondary N) is 1. The molecule has 0 amide bonds. The molecule has 1 N–H and O–H groups in total. The third kappa shape index (κ3) is 3.70. The summed E-state index contributed by atoms with van der Waals surface area (Å²) in [5, 5.41) is 11.1. The zero-order chi connectivity index (χ0) is 17.3. The van der Waals surface area contributed by atoms with E-state index in [-0.39, 0.29) is 0 Å². The maximum atomic E-state index is 11.8. The van der Waals surface area contributed by atoms with Gasteiger partial charge in [-0.1, -0.05) is 0 Å². The third-order valence-electron chi connectivity index (χ3n) is 4.90. The first-order valence-electron chi connectivity index (χ1n) is 8.26. The minimum Gasteiger partial charge on any atom is -0.299 e.